The molecule has 3 saturated heterocycles. The van der Waals surface area contributed by atoms with Crippen LogP contribution in [0, 0.1) is 0 Å². The lowest BCUT2D eigenvalue weighted by atomic mass is 9.93. The summed E-state index contributed by atoms with van der Waals surface area (Å²) in [6.07, 6.45) is -21.1. The van der Waals surface area contributed by atoms with E-state index in [4.69, 9.17) is 37.6 Å². The zero-order chi connectivity index (χ0) is 50.0. The van der Waals surface area contributed by atoms with Crippen LogP contribution < -0.4 is 19.6 Å². The van der Waals surface area contributed by atoms with Gasteiger partial charge in [-0.25, -0.2) is 4.79 Å². The molecular weight excluding hydrogens is 924 g/mol. The number of aliphatic hydroxyl groups is 10. The predicted octanol–water partition coefficient (Wildman–Crippen LogP) is -2.41. The van der Waals surface area contributed by atoms with Gasteiger partial charge >= 0.3 is 5.97 Å². The van der Waals surface area contributed by atoms with E-state index in [0.29, 0.717) is 5.56 Å². The van der Waals surface area contributed by atoms with Crippen LogP contribution in [0.3, 0.4) is 0 Å². The third-order valence-corrected chi connectivity index (χ3v) is 11.9. The Hall–Kier alpha value is -5.68. The minimum absolute atomic E-state index is 0.0616. The largest absolute Gasteiger partial charge is 0.507 e. The molecule has 3 aliphatic rings. The Labute approximate surface area is 389 Å². The Morgan fingerprint density at radius 1 is 0.667 bits per heavy atom. The Balaban J connectivity index is 1.18. The molecule has 9 unspecified atom stereocenters. The molecule has 15 atom stereocenters. The molecule has 1 aromatic heterocycles. The lowest BCUT2D eigenvalue weighted by Gasteiger charge is -2.46. The van der Waals surface area contributed by atoms with Gasteiger partial charge in [0.05, 0.1) is 32.0 Å². The van der Waals surface area contributed by atoms with Crippen LogP contribution >= 0.6 is 0 Å². The first-order valence-electron chi connectivity index (χ1n) is 21.4. The van der Waals surface area contributed by atoms with Crippen LogP contribution in [-0.4, -0.2) is 196 Å². The monoisotopic (exact) mass is 976 g/mol. The predicted molar refractivity (Wildman–Crippen MR) is 230 cm³/mol. The highest BCUT2D eigenvalue weighted by atomic mass is 16.7. The molecule has 3 fully saturated rings. The number of hydrogen-bond donors (Lipinski definition) is 14. The number of carbonyl (C=O) groups excluding carboxylic acids is 1. The van der Waals surface area contributed by atoms with Gasteiger partial charge in [-0.3, -0.25) is 4.79 Å². The van der Waals surface area contributed by atoms with Crippen LogP contribution in [-0.2, 0) is 23.7 Å². The van der Waals surface area contributed by atoms with Crippen LogP contribution in [0.4, 0.5) is 0 Å². The zero-order valence-electron chi connectivity index (χ0n) is 36.3. The smallest absolute Gasteiger partial charge is 0.336 e. The van der Waals surface area contributed by atoms with E-state index in [-0.39, 0.29) is 40.6 Å². The van der Waals surface area contributed by atoms with Gasteiger partial charge < -0.3 is 109 Å². The zero-order valence-corrected chi connectivity index (χ0v) is 36.3. The molecule has 7 rings (SSSR count). The van der Waals surface area contributed by atoms with Gasteiger partial charge in [0, 0.05) is 30.2 Å². The number of phenolic OH excluding ortho intramolecular Hbond substituents is 4. The molecule has 3 aliphatic heterocycles. The summed E-state index contributed by atoms with van der Waals surface area (Å²) in [6.45, 7) is -1.01. The van der Waals surface area contributed by atoms with Crippen molar-refractivity contribution < 1.29 is 114 Å². The fourth-order valence-electron chi connectivity index (χ4n) is 7.99. The molecule has 0 aliphatic carbocycles. The molecule has 3 aromatic carbocycles. The van der Waals surface area contributed by atoms with Gasteiger partial charge in [0.15, 0.2) is 35.0 Å². The summed E-state index contributed by atoms with van der Waals surface area (Å²) < 4.78 is 45.8. The molecule has 376 valence electrons. The number of hydrogen-bond acceptors (Lipinski definition) is 24. The summed E-state index contributed by atoms with van der Waals surface area (Å²) >= 11 is 0. The topological polar surface area (TPSA) is 395 Å². The Morgan fingerprint density at radius 2 is 1.35 bits per heavy atom. The van der Waals surface area contributed by atoms with E-state index in [0.717, 1.165) is 24.3 Å². The van der Waals surface area contributed by atoms with E-state index in [1.165, 1.54) is 43.3 Å². The molecular formula is C45H52O24. The minimum atomic E-state index is -1.89. The highest BCUT2D eigenvalue weighted by molar-refractivity contribution is 5.90. The molecule has 4 aromatic rings. The summed E-state index contributed by atoms with van der Waals surface area (Å²) in [5, 5.41) is 144. The number of carbonyl (C=O) groups is 1. The van der Waals surface area contributed by atoms with E-state index in [1.54, 1.807) is 0 Å². The van der Waals surface area contributed by atoms with Gasteiger partial charge in [-0.2, -0.15) is 0 Å². The Kier molecular flexibility index (Phi) is 16.0. The van der Waals surface area contributed by atoms with Crippen molar-refractivity contribution in [2.24, 2.45) is 0 Å². The normalized spacial score (nSPS) is 31.7. The number of phenols is 4. The van der Waals surface area contributed by atoms with E-state index in [9.17, 15) is 81.1 Å². The first-order valence-corrected chi connectivity index (χ1v) is 21.4. The van der Waals surface area contributed by atoms with Crippen LogP contribution in [0.1, 0.15) is 18.9 Å². The number of benzene rings is 3. The van der Waals surface area contributed by atoms with E-state index < -0.39 is 158 Å². The number of aromatic hydroxyl groups is 4. The van der Waals surface area contributed by atoms with Crippen LogP contribution in [0.15, 0.2) is 63.8 Å². The highest BCUT2D eigenvalue weighted by Gasteiger charge is 2.50. The number of aliphatic hydroxyl groups excluding tert-OH is 10. The van der Waals surface area contributed by atoms with E-state index in [2.05, 4.69) is 0 Å². The molecule has 0 radical (unpaired) electrons. The van der Waals surface area contributed by atoms with Gasteiger partial charge in [0.2, 0.25) is 11.2 Å². The van der Waals surface area contributed by atoms with Crippen molar-refractivity contribution >= 4 is 23.0 Å². The second-order valence-corrected chi connectivity index (χ2v) is 16.6. The second kappa shape index (κ2) is 21.5. The van der Waals surface area contributed by atoms with Gasteiger partial charge in [-0.15, -0.1) is 0 Å². The summed E-state index contributed by atoms with van der Waals surface area (Å²) in [5.41, 5.74) is -1.04. The van der Waals surface area contributed by atoms with E-state index >= 15 is 0 Å². The van der Waals surface area contributed by atoms with E-state index in [1.807, 2.05) is 0 Å². The van der Waals surface area contributed by atoms with Gasteiger partial charge in [-0.1, -0.05) is 6.07 Å². The lowest BCUT2D eigenvalue weighted by Crippen LogP contribution is -2.63. The van der Waals surface area contributed by atoms with Gasteiger partial charge in [-0.05, 0) is 48.9 Å². The third-order valence-electron chi connectivity index (χ3n) is 11.9. The highest BCUT2D eigenvalue weighted by Crippen LogP contribution is 2.40. The third kappa shape index (κ3) is 10.9. The molecule has 14 N–H and O–H groups in total. The maximum absolute atomic E-state index is 14.4. The minimum Gasteiger partial charge on any atom is -0.507 e. The SMILES string of the molecule is CC1OC(CCOc2c(-c3ccc(OC(=O)/C=C/c4ccc(O)c(O)c4)c(O)c3)oc3cc(OC[C@@H]4OC(CO)[C@@H](O)[C@H](O)C4O)cc(O)c3c2=O)C(O[C@@H]2OC(CO)[C@@H](O)[C@H](O)C2O)C(O)C1O. The van der Waals surface area contributed by atoms with Crippen LogP contribution in [0.2, 0.25) is 0 Å². The van der Waals surface area contributed by atoms with Crippen molar-refractivity contribution in [1.82, 2.24) is 0 Å². The summed E-state index contributed by atoms with van der Waals surface area (Å²) in [5.74, 6) is -4.58. The number of fused-ring (bicyclic) bond motifs is 1. The number of rotatable bonds is 15. The summed E-state index contributed by atoms with van der Waals surface area (Å²) in [7, 11) is 0. The maximum Gasteiger partial charge on any atom is 0.336 e. The fourth-order valence-corrected chi connectivity index (χ4v) is 7.99. The Bertz CT molecular complexity index is 2530. The maximum atomic E-state index is 14.4. The van der Waals surface area contributed by atoms with Crippen molar-refractivity contribution in [2.75, 3.05) is 26.4 Å². The average molecular weight is 977 g/mol. The molecule has 0 saturated carbocycles. The molecule has 69 heavy (non-hydrogen) atoms. The fraction of sp³-hybridized carbons (Fsp3) is 0.467. The van der Waals surface area contributed by atoms with Gasteiger partial charge in [0.1, 0.15) is 102 Å². The molecule has 24 heteroatoms. The van der Waals surface area contributed by atoms with Crippen molar-refractivity contribution in [3.8, 4) is 51.6 Å². The first kappa shape index (κ1) is 51.2. The average Bonchev–Trinajstić information content (AvgIpc) is 3.32. The Morgan fingerprint density at radius 3 is 2.03 bits per heavy atom. The van der Waals surface area contributed by atoms with Crippen molar-refractivity contribution in [1.29, 1.82) is 0 Å². The number of ether oxygens (including phenoxy) is 7. The van der Waals surface area contributed by atoms with Crippen LogP contribution in [0.5, 0.6) is 40.2 Å². The second-order valence-electron chi connectivity index (χ2n) is 16.6. The summed E-state index contributed by atoms with van der Waals surface area (Å²) in [6, 6.07) is 9.46. The number of esters is 1. The first-order chi connectivity index (χ1) is 32.8. The standard InChI is InChI=1S/C45H52O24/c1-17-33(53)40(60)43(69-45-41(61)39(59)35(55)29(15-47)68-45)26(64-17)8-9-62-44-37(57)32-24(51)12-20(63-16-30-36(56)38(58)34(54)28(14-46)65-30)13-27(32)67-42(44)19-4-6-25(23(50)11-19)66-31(52)7-3-18-2-5-21(48)22(49)10-18/h2-7,10-13,17,26,28-30,33-36,38-41,43,45-51,53-56,58-61H,8-9,14-16H2,1H3/b7-3+/t17?,26?,28?,29?,30-,33?,34+,35+,36?,38-,39-,40?,41?,43?,45-/m0/s1. The van der Waals surface area contributed by atoms with Crippen LogP contribution in [0.25, 0.3) is 28.4 Å². The molecule has 0 amide bonds. The van der Waals surface area contributed by atoms with Gasteiger partial charge in [0.25, 0.3) is 0 Å². The molecule has 4 heterocycles. The molecule has 0 bridgehead atoms. The summed E-state index contributed by atoms with van der Waals surface area (Å²) in [4.78, 5) is 27.1. The van der Waals surface area contributed by atoms with Crippen molar-refractivity contribution in [2.45, 2.75) is 105 Å². The molecule has 24 nitrogen and oxygen atoms in total. The molecule has 0 spiro atoms. The van der Waals surface area contributed by atoms with Crippen molar-refractivity contribution in [3.05, 3.63) is 70.4 Å². The lowest BCUT2D eigenvalue weighted by molar-refractivity contribution is -0.340. The van der Waals surface area contributed by atoms with Crippen molar-refractivity contribution in [3.63, 3.8) is 0 Å². The quantitative estimate of drug-likeness (QED) is 0.0255.